The summed E-state index contributed by atoms with van der Waals surface area (Å²) in [5, 5.41) is 12.1. The molecular weight excluding hydrogens is 388 g/mol. The zero-order valence-electron chi connectivity index (χ0n) is 16.2. The van der Waals surface area contributed by atoms with Gasteiger partial charge in [0.2, 0.25) is 0 Å². The van der Waals surface area contributed by atoms with Crippen LogP contribution in [0.2, 0.25) is 0 Å². The van der Waals surface area contributed by atoms with E-state index in [4.69, 9.17) is 9.40 Å². The molecule has 146 valence electrons. The molecule has 0 N–H and O–H groups in total. The first-order chi connectivity index (χ1) is 13.9. The van der Waals surface area contributed by atoms with E-state index >= 15 is 0 Å². The number of hydrogen-bond acceptors (Lipinski definition) is 6. The van der Waals surface area contributed by atoms with Gasteiger partial charge in [0.15, 0.2) is 0 Å². The van der Waals surface area contributed by atoms with Crippen LogP contribution < -0.4 is 5.63 Å². The molecule has 4 rings (SSSR count). The molecular formula is C22H18N2O4S. The van der Waals surface area contributed by atoms with Crippen LogP contribution in [0.25, 0.3) is 32.8 Å². The molecule has 6 nitrogen and oxygen atoms in total. The number of hydrogen-bond donors (Lipinski definition) is 0. The minimum absolute atomic E-state index is 0.0539. The van der Waals surface area contributed by atoms with Crippen molar-refractivity contribution in [1.82, 2.24) is 4.98 Å². The highest BCUT2D eigenvalue weighted by molar-refractivity contribution is 7.15. The lowest BCUT2D eigenvalue weighted by Crippen LogP contribution is -2.02. The molecule has 0 aliphatic heterocycles. The molecule has 0 bridgehead atoms. The summed E-state index contributed by atoms with van der Waals surface area (Å²) >= 11 is 1.45. The molecule has 0 unspecified atom stereocenters. The number of thiazole rings is 1. The zero-order chi connectivity index (χ0) is 20.7. The number of aromatic nitrogens is 1. The van der Waals surface area contributed by atoms with Gasteiger partial charge in [-0.05, 0) is 44.0 Å². The minimum atomic E-state index is -0.504. The summed E-state index contributed by atoms with van der Waals surface area (Å²) < 4.78 is 5.40. The number of benzene rings is 2. The number of rotatable bonds is 4. The van der Waals surface area contributed by atoms with Gasteiger partial charge in [-0.2, -0.15) is 0 Å². The quantitative estimate of drug-likeness (QED) is 0.247. The second-order valence-corrected chi connectivity index (χ2v) is 7.97. The van der Waals surface area contributed by atoms with Gasteiger partial charge in [-0.15, -0.1) is 11.3 Å². The van der Waals surface area contributed by atoms with Crippen LogP contribution in [0, 0.1) is 24.0 Å². The van der Waals surface area contributed by atoms with Crippen LogP contribution in [0.3, 0.4) is 0 Å². The third-order valence-electron chi connectivity index (χ3n) is 4.82. The van der Waals surface area contributed by atoms with E-state index < -0.39 is 10.5 Å². The third-order valence-corrected chi connectivity index (χ3v) is 6.06. The lowest BCUT2D eigenvalue weighted by Gasteiger charge is -2.06. The van der Waals surface area contributed by atoms with Crippen LogP contribution in [0.1, 0.15) is 22.9 Å². The smallest absolute Gasteiger partial charge is 0.346 e. The normalized spacial score (nSPS) is 11.1. The van der Waals surface area contributed by atoms with Crippen LogP contribution in [-0.4, -0.2) is 9.91 Å². The standard InChI is InChI=1S/C22H18N2O4S/c1-4-19-20(16-9-12(2)5-6-13(16)3)23-21(29-19)17-11-14-10-15(24(26)27)7-8-18(14)28-22(17)25/h5-11H,4H2,1-3H3. The molecule has 7 heteroatoms. The van der Waals surface area contributed by atoms with Gasteiger partial charge >= 0.3 is 5.63 Å². The molecule has 2 heterocycles. The molecule has 4 aromatic rings. The Morgan fingerprint density at radius 1 is 1.10 bits per heavy atom. The first kappa shape index (κ1) is 19.0. The first-order valence-electron chi connectivity index (χ1n) is 9.17. The van der Waals surface area contributed by atoms with Crippen molar-refractivity contribution in [1.29, 1.82) is 0 Å². The van der Waals surface area contributed by atoms with E-state index in [-0.39, 0.29) is 5.69 Å². The number of nitrogens with zero attached hydrogens (tertiary/aromatic N) is 2. The Labute approximate surface area is 170 Å². The van der Waals surface area contributed by atoms with Gasteiger partial charge in [0.25, 0.3) is 5.69 Å². The molecule has 2 aromatic carbocycles. The number of nitro benzene ring substituents is 1. The van der Waals surface area contributed by atoms with Gasteiger partial charge in [-0.3, -0.25) is 10.1 Å². The molecule has 0 aliphatic rings. The van der Waals surface area contributed by atoms with E-state index in [2.05, 4.69) is 25.1 Å². The van der Waals surface area contributed by atoms with E-state index in [0.29, 0.717) is 21.5 Å². The van der Waals surface area contributed by atoms with E-state index in [9.17, 15) is 14.9 Å². The van der Waals surface area contributed by atoms with Crippen molar-refractivity contribution in [3.05, 3.63) is 79.0 Å². The zero-order valence-corrected chi connectivity index (χ0v) is 17.0. The Morgan fingerprint density at radius 3 is 2.62 bits per heavy atom. The summed E-state index contributed by atoms with van der Waals surface area (Å²) in [6.45, 7) is 6.13. The Bertz CT molecular complexity index is 1320. The molecule has 0 atom stereocenters. The van der Waals surface area contributed by atoms with Crippen LogP contribution in [0.15, 0.2) is 51.7 Å². The third kappa shape index (κ3) is 3.45. The fraction of sp³-hybridized carbons (Fsp3) is 0.182. The largest absolute Gasteiger partial charge is 0.422 e. The van der Waals surface area contributed by atoms with Crippen LogP contribution in [0.5, 0.6) is 0 Å². The molecule has 0 fully saturated rings. The monoisotopic (exact) mass is 406 g/mol. The van der Waals surface area contributed by atoms with Gasteiger partial charge in [0.05, 0.1) is 16.2 Å². The van der Waals surface area contributed by atoms with Crippen molar-refractivity contribution in [2.45, 2.75) is 27.2 Å². The SMILES string of the molecule is CCc1sc(-c2cc3cc([N+](=O)[O-])ccc3oc2=O)nc1-c1cc(C)ccc1C. The Morgan fingerprint density at radius 2 is 1.90 bits per heavy atom. The first-order valence-corrected chi connectivity index (χ1v) is 9.99. The lowest BCUT2D eigenvalue weighted by molar-refractivity contribution is -0.384. The summed E-state index contributed by atoms with van der Waals surface area (Å²) in [5.41, 5.74) is 4.23. The number of nitro groups is 1. The number of aryl methyl sites for hydroxylation is 3. The van der Waals surface area contributed by atoms with Crippen LogP contribution in [-0.2, 0) is 6.42 Å². The lowest BCUT2D eigenvalue weighted by atomic mass is 10.0. The molecule has 0 saturated heterocycles. The highest BCUT2D eigenvalue weighted by atomic mass is 32.1. The molecule has 2 aromatic heterocycles. The van der Waals surface area contributed by atoms with Gasteiger partial charge < -0.3 is 4.42 Å². The van der Waals surface area contributed by atoms with Gasteiger partial charge in [0.1, 0.15) is 10.6 Å². The van der Waals surface area contributed by atoms with Gasteiger partial charge in [0, 0.05) is 28.0 Å². The fourth-order valence-electron chi connectivity index (χ4n) is 3.28. The molecule has 29 heavy (non-hydrogen) atoms. The average molecular weight is 406 g/mol. The molecule has 0 amide bonds. The summed E-state index contributed by atoms with van der Waals surface area (Å²) in [6.07, 6.45) is 0.783. The Kier molecular flexibility index (Phi) is 4.76. The van der Waals surface area contributed by atoms with Crippen molar-refractivity contribution >= 4 is 28.0 Å². The average Bonchev–Trinajstić information content (AvgIpc) is 3.12. The maximum atomic E-state index is 12.6. The van der Waals surface area contributed by atoms with E-state index in [1.165, 1.54) is 29.5 Å². The maximum Gasteiger partial charge on any atom is 0.346 e. The van der Waals surface area contributed by atoms with Crippen molar-refractivity contribution in [3.63, 3.8) is 0 Å². The summed E-state index contributed by atoms with van der Waals surface area (Å²) in [6, 6.07) is 12.0. The molecule has 0 saturated carbocycles. The molecule has 0 spiro atoms. The predicted octanol–water partition coefficient (Wildman–Crippen LogP) is 5.67. The molecule has 0 aliphatic carbocycles. The summed E-state index contributed by atoms with van der Waals surface area (Å²) in [7, 11) is 0. The predicted molar refractivity (Wildman–Crippen MR) is 115 cm³/mol. The highest BCUT2D eigenvalue weighted by Crippen LogP contribution is 2.36. The Hall–Kier alpha value is -3.32. The van der Waals surface area contributed by atoms with Crippen molar-refractivity contribution < 1.29 is 9.34 Å². The van der Waals surface area contributed by atoms with Gasteiger partial charge in [-0.1, -0.05) is 24.6 Å². The van der Waals surface area contributed by atoms with E-state index in [1.54, 1.807) is 6.07 Å². The van der Waals surface area contributed by atoms with Crippen LogP contribution >= 0.6 is 11.3 Å². The minimum Gasteiger partial charge on any atom is -0.422 e. The second kappa shape index (κ2) is 7.25. The topological polar surface area (TPSA) is 86.2 Å². The number of fused-ring (bicyclic) bond motifs is 1. The van der Waals surface area contributed by atoms with Gasteiger partial charge in [-0.25, -0.2) is 9.78 Å². The van der Waals surface area contributed by atoms with E-state index in [0.717, 1.165) is 33.7 Å². The molecule has 0 radical (unpaired) electrons. The van der Waals surface area contributed by atoms with Crippen LogP contribution in [0.4, 0.5) is 5.69 Å². The van der Waals surface area contributed by atoms with Crippen molar-refractivity contribution in [3.8, 4) is 21.8 Å². The summed E-state index contributed by atoms with van der Waals surface area (Å²) in [5.74, 6) is 0. The fourth-order valence-corrected chi connectivity index (χ4v) is 4.30. The van der Waals surface area contributed by atoms with Crippen molar-refractivity contribution in [2.75, 3.05) is 0 Å². The number of non-ortho nitro benzene ring substituents is 1. The van der Waals surface area contributed by atoms with E-state index in [1.807, 2.05) is 13.8 Å². The van der Waals surface area contributed by atoms with Crippen molar-refractivity contribution in [2.24, 2.45) is 0 Å². The second-order valence-electron chi connectivity index (χ2n) is 6.89. The Balaban J connectivity index is 1.91. The highest BCUT2D eigenvalue weighted by Gasteiger charge is 2.19. The maximum absolute atomic E-state index is 12.6. The summed E-state index contributed by atoms with van der Waals surface area (Å²) in [4.78, 5) is 29.0.